The van der Waals surface area contributed by atoms with E-state index >= 15 is 0 Å². The van der Waals surface area contributed by atoms with Crippen LogP contribution in [-0.4, -0.2) is 20.2 Å². The quantitative estimate of drug-likeness (QED) is 0.813. The Kier molecular flexibility index (Phi) is 2.99. The van der Waals surface area contributed by atoms with E-state index < -0.39 is 0 Å². The van der Waals surface area contributed by atoms with Crippen molar-refractivity contribution in [3.8, 4) is 0 Å². The number of rotatable bonds is 4. The maximum atomic E-state index is 4.06. The van der Waals surface area contributed by atoms with Crippen LogP contribution in [0, 0.1) is 0 Å². The van der Waals surface area contributed by atoms with Crippen LogP contribution in [0.4, 0.5) is 0 Å². The van der Waals surface area contributed by atoms with Gasteiger partial charge in [-0.2, -0.15) is 0 Å². The Labute approximate surface area is 110 Å². The molecule has 2 aromatic rings. The third-order valence-corrected chi connectivity index (χ3v) is 5.12. The fourth-order valence-corrected chi connectivity index (χ4v) is 3.86. The van der Waals surface area contributed by atoms with Gasteiger partial charge >= 0.3 is 0 Å². The fraction of sp³-hybridized carbons (Fsp3) is 0.444. The first-order chi connectivity index (χ1) is 7.83. The number of aromatic nitrogens is 4. The number of halogens is 1. The molecule has 1 aliphatic rings. The SMILES string of the molecule is Brc1ccc(CSc2nnnn2C2CC2)s1. The van der Waals surface area contributed by atoms with Crippen molar-refractivity contribution in [2.45, 2.75) is 29.8 Å². The van der Waals surface area contributed by atoms with Crippen LogP contribution in [0.1, 0.15) is 23.8 Å². The number of hydrogen-bond donors (Lipinski definition) is 0. The number of thiophene rings is 1. The molecule has 84 valence electrons. The van der Waals surface area contributed by atoms with Crippen LogP contribution < -0.4 is 0 Å². The van der Waals surface area contributed by atoms with Crippen LogP contribution in [0.2, 0.25) is 0 Å². The zero-order chi connectivity index (χ0) is 11.0. The second-order valence-corrected chi connectivity index (χ2v) is 7.12. The van der Waals surface area contributed by atoms with Gasteiger partial charge in [0.2, 0.25) is 5.16 Å². The van der Waals surface area contributed by atoms with Crippen LogP contribution in [0.25, 0.3) is 0 Å². The summed E-state index contributed by atoms with van der Waals surface area (Å²) in [5.41, 5.74) is 0. The minimum absolute atomic E-state index is 0.549. The molecule has 0 spiro atoms. The first kappa shape index (κ1) is 10.7. The summed E-state index contributed by atoms with van der Waals surface area (Å²) in [5, 5.41) is 12.8. The number of thioether (sulfide) groups is 1. The summed E-state index contributed by atoms with van der Waals surface area (Å²) in [4.78, 5) is 1.34. The van der Waals surface area contributed by atoms with Crippen molar-refractivity contribution in [2.75, 3.05) is 0 Å². The summed E-state index contributed by atoms with van der Waals surface area (Å²) >= 11 is 6.92. The van der Waals surface area contributed by atoms with E-state index in [1.807, 2.05) is 4.68 Å². The number of tetrazole rings is 1. The minimum atomic E-state index is 0.549. The highest BCUT2D eigenvalue weighted by molar-refractivity contribution is 9.11. The van der Waals surface area contributed by atoms with Gasteiger partial charge in [-0.1, -0.05) is 11.8 Å². The van der Waals surface area contributed by atoms with Gasteiger partial charge in [-0.15, -0.1) is 16.4 Å². The lowest BCUT2D eigenvalue weighted by Gasteiger charge is -2.00. The molecule has 4 nitrogen and oxygen atoms in total. The van der Waals surface area contributed by atoms with E-state index in [-0.39, 0.29) is 0 Å². The standard InChI is InChI=1S/C9H9BrN4S2/c10-8-4-3-7(16-8)5-15-9-11-12-13-14(9)6-1-2-6/h3-4,6H,1-2,5H2. The molecule has 3 rings (SSSR count). The van der Waals surface area contributed by atoms with Gasteiger partial charge in [-0.3, -0.25) is 0 Å². The van der Waals surface area contributed by atoms with Crippen LogP contribution in [-0.2, 0) is 5.75 Å². The van der Waals surface area contributed by atoms with Gasteiger partial charge in [0.1, 0.15) is 0 Å². The van der Waals surface area contributed by atoms with Gasteiger partial charge in [0, 0.05) is 10.6 Å². The highest BCUT2D eigenvalue weighted by Gasteiger charge is 2.27. The van der Waals surface area contributed by atoms with Crippen molar-refractivity contribution in [3.63, 3.8) is 0 Å². The van der Waals surface area contributed by atoms with Gasteiger partial charge in [0.15, 0.2) is 0 Å². The molecule has 2 aromatic heterocycles. The predicted octanol–water partition coefficient (Wildman–Crippen LogP) is 3.12. The van der Waals surface area contributed by atoms with Crippen LogP contribution >= 0.6 is 39.0 Å². The lowest BCUT2D eigenvalue weighted by atomic mass is 10.5. The molecule has 0 amide bonds. The van der Waals surface area contributed by atoms with Gasteiger partial charge in [0.05, 0.1) is 9.83 Å². The Morgan fingerprint density at radius 2 is 2.38 bits per heavy atom. The first-order valence-electron chi connectivity index (χ1n) is 4.98. The van der Waals surface area contributed by atoms with Crippen molar-refractivity contribution < 1.29 is 0 Å². The molecule has 0 bridgehead atoms. The number of nitrogens with zero attached hydrogens (tertiary/aromatic N) is 4. The molecule has 0 saturated heterocycles. The maximum Gasteiger partial charge on any atom is 0.209 e. The van der Waals surface area contributed by atoms with E-state index in [1.54, 1.807) is 23.1 Å². The van der Waals surface area contributed by atoms with Crippen molar-refractivity contribution in [1.29, 1.82) is 0 Å². The van der Waals surface area contributed by atoms with E-state index in [0.29, 0.717) is 6.04 Å². The average Bonchev–Trinajstić information content (AvgIpc) is 2.86. The van der Waals surface area contributed by atoms with E-state index in [2.05, 4.69) is 43.6 Å². The molecule has 1 fully saturated rings. The van der Waals surface area contributed by atoms with E-state index in [4.69, 9.17) is 0 Å². The Balaban J connectivity index is 1.67. The summed E-state index contributed by atoms with van der Waals surface area (Å²) in [6.07, 6.45) is 2.42. The van der Waals surface area contributed by atoms with Crippen molar-refractivity contribution >= 4 is 39.0 Å². The summed E-state index contributed by atoms with van der Waals surface area (Å²) < 4.78 is 3.12. The van der Waals surface area contributed by atoms with Gasteiger partial charge in [-0.25, -0.2) is 4.68 Å². The largest absolute Gasteiger partial charge is 0.217 e. The molecular formula is C9H9BrN4S2. The molecule has 0 aromatic carbocycles. The zero-order valence-corrected chi connectivity index (χ0v) is 11.6. The Hall–Kier alpha value is -0.400. The molecular weight excluding hydrogens is 308 g/mol. The molecule has 16 heavy (non-hydrogen) atoms. The highest BCUT2D eigenvalue weighted by atomic mass is 79.9. The minimum Gasteiger partial charge on any atom is -0.217 e. The second kappa shape index (κ2) is 4.46. The third kappa shape index (κ3) is 2.31. The maximum absolute atomic E-state index is 4.06. The summed E-state index contributed by atoms with van der Waals surface area (Å²) in [5.74, 6) is 0.934. The van der Waals surface area contributed by atoms with Crippen LogP contribution in [0.15, 0.2) is 21.1 Å². The molecule has 0 atom stereocenters. The zero-order valence-electron chi connectivity index (χ0n) is 8.34. The monoisotopic (exact) mass is 316 g/mol. The van der Waals surface area contributed by atoms with Gasteiger partial charge in [0.25, 0.3) is 0 Å². The summed E-state index contributed by atoms with van der Waals surface area (Å²) in [6, 6.07) is 4.75. The molecule has 0 aliphatic heterocycles. The molecule has 1 saturated carbocycles. The molecule has 1 aliphatic carbocycles. The van der Waals surface area contributed by atoms with Crippen LogP contribution in [0.3, 0.4) is 0 Å². The lowest BCUT2D eigenvalue weighted by Crippen LogP contribution is -1.98. The molecule has 2 heterocycles. The van der Waals surface area contributed by atoms with Crippen LogP contribution in [0.5, 0.6) is 0 Å². The smallest absolute Gasteiger partial charge is 0.209 e. The molecule has 0 unspecified atom stereocenters. The highest BCUT2D eigenvalue weighted by Crippen LogP contribution is 2.37. The Morgan fingerprint density at radius 3 is 3.06 bits per heavy atom. The van der Waals surface area contributed by atoms with E-state index in [1.165, 1.54) is 21.5 Å². The second-order valence-electron chi connectivity index (χ2n) is 3.63. The third-order valence-electron chi connectivity index (χ3n) is 2.33. The fourth-order valence-electron chi connectivity index (χ4n) is 1.39. The molecule has 7 heteroatoms. The topological polar surface area (TPSA) is 43.6 Å². The first-order valence-corrected chi connectivity index (χ1v) is 7.57. The van der Waals surface area contributed by atoms with E-state index in [9.17, 15) is 0 Å². The van der Waals surface area contributed by atoms with Gasteiger partial charge in [-0.05, 0) is 51.3 Å². The van der Waals surface area contributed by atoms with Crippen molar-refractivity contribution in [2.24, 2.45) is 0 Å². The average molecular weight is 317 g/mol. The molecule has 0 N–H and O–H groups in total. The summed E-state index contributed by atoms with van der Waals surface area (Å²) in [6.45, 7) is 0. The Morgan fingerprint density at radius 1 is 1.50 bits per heavy atom. The number of hydrogen-bond acceptors (Lipinski definition) is 5. The van der Waals surface area contributed by atoms with Crippen molar-refractivity contribution in [1.82, 2.24) is 20.2 Å². The van der Waals surface area contributed by atoms with E-state index in [0.717, 1.165) is 10.9 Å². The lowest BCUT2D eigenvalue weighted by molar-refractivity contribution is 0.565. The van der Waals surface area contributed by atoms with Gasteiger partial charge < -0.3 is 0 Å². The summed E-state index contributed by atoms with van der Waals surface area (Å²) in [7, 11) is 0. The predicted molar refractivity (Wildman–Crippen MR) is 67.7 cm³/mol. The Bertz CT molecular complexity index is 491. The van der Waals surface area contributed by atoms with Crippen molar-refractivity contribution in [3.05, 3.63) is 20.8 Å². The normalized spacial score (nSPS) is 15.6. The molecule has 0 radical (unpaired) electrons.